The largest absolute Gasteiger partial charge is 0.349 e. The van der Waals surface area contributed by atoms with E-state index in [1.54, 1.807) is 19.1 Å². The maximum Gasteiger partial charge on any atom is 0.251 e. The Labute approximate surface area is 162 Å². The molecule has 0 aromatic heterocycles. The van der Waals surface area contributed by atoms with E-state index < -0.39 is 10.0 Å². The molecule has 1 aromatic rings. The van der Waals surface area contributed by atoms with E-state index in [1.807, 2.05) is 0 Å². The molecule has 4 saturated carbocycles. The van der Waals surface area contributed by atoms with Crippen molar-refractivity contribution in [2.45, 2.75) is 63.3 Å². The second-order valence-electron chi connectivity index (χ2n) is 9.00. The van der Waals surface area contributed by atoms with Crippen LogP contribution in [0.2, 0.25) is 0 Å². The summed E-state index contributed by atoms with van der Waals surface area (Å²) >= 11 is 0. The van der Waals surface area contributed by atoms with E-state index in [9.17, 15) is 13.2 Å². The Bertz CT molecular complexity index is 798. The molecular formula is C21H30N2O3S. The number of hydrogen-bond donors (Lipinski definition) is 2. The molecule has 6 heteroatoms. The normalized spacial score (nSPS) is 33.0. The zero-order chi connectivity index (χ0) is 19.2. The van der Waals surface area contributed by atoms with Crippen LogP contribution in [0.4, 0.5) is 0 Å². The summed E-state index contributed by atoms with van der Waals surface area (Å²) in [4.78, 5) is 13.0. The van der Waals surface area contributed by atoms with Crippen LogP contribution in [-0.2, 0) is 10.0 Å². The highest BCUT2D eigenvalue weighted by atomic mass is 32.2. The molecule has 1 amide bonds. The van der Waals surface area contributed by atoms with E-state index in [0.29, 0.717) is 12.1 Å². The summed E-state index contributed by atoms with van der Waals surface area (Å²) in [6, 6.07) is 6.44. The number of carbonyl (C=O) groups excluding carboxylic acids is 1. The van der Waals surface area contributed by atoms with Gasteiger partial charge in [-0.15, -0.1) is 0 Å². The van der Waals surface area contributed by atoms with Gasteiger partial charge in [0.25, 0.3) is 5.91 Å². The monoisotopic (exact) mass is 390 g/mol. The van der Waals surface area contributed by atoms with Crippen molar-refractivity contribution in [3.05, 3.63) is 29.8 Å². The van der Waals surface area contributed by atoms with E-state index in [1.165, 1.54) is 50.7 Å². The van der Waals surface area contributed by atoms with Gasteiger partial charge in [0.15, 0.2) is 0 Å². The molecule has 0 saturated heterocycles. The lowest BCUT2D eigenvalue weighted by atomic mass is 9.48. The standard InChI is InChI=1S/C21H30N2O3S/c1-3-22-27(25,26)19-6-4-5-18(10-19)20(24)23-14(2)21-11-15-7-16(12-21)9-17(8-15)13-21/h4-6,10,14-17,22H,3,7-9,11-13H2,1-2H3,(H,23,24). The third-order valence-corrected chi connectivity index (χ3v) is 8.64. The fourth-order valence-electron chi connectivity index (χ4n) is 6.22. The molecule has 5 rings (SSSR count). The van der Waals surface area contributed by atoms with Crippen LogP contribution in [0.3, 0.4) is 0 Å². The van der Waals surface area contributed by atoms with Crippen LogP contribution in [0.5, 0.6) is 0 Å². The van der Waals surface area contributed by atoms with E-state index in [0.717, 1.165) is 17.8 Å². The number of rotatable bonds is 6. The van der Waals surface area contributed by atoms with Crippen LogP contribution >= 0.6 is 0 Å². The van der Waals surface area contributed by atoms with Gasteiger partial charge in [-0.1, -0.05) is 13.0 Å². The fourth-order valence-corrected chi connectivity index (χ4v) is 7.31. The first-order valence-electron chi connectivity index (χ1n) is 10.2. The van der Waals surface area contributed by atoms with Gasteiger partial charge in [0.1, 0.15) is 0 Å². The predicted molar refractivity (Wildman–Crippen MR) is 105 cm³/mol. The minimum absolute atomic E-state index is 0.118. The fraction of sp³-hybridized carbons (Fsp3) is 0.667. The van der Waals surface area contributed by atoms with Gasteiger partial charge < -0.3 is 5.32 Å². The van der Waals surface area contributed by atoms with Crippen molar-refractivity contribution in [2.24, 2.45) is 23.2 Å². The lowest BCUT2D eigenvalue weighted by Crippen LogP contribution is -2.55. The summed E-state index contributed by atoms with van der Waals surface area (Å²) in [7, 11) is -3.56. The van der Waals surface area contributed by atoms with Crippen molar-refractivity contribution in [3.63, 3.8) is 0 Å². The molecule has 4 fully saturated rings. The lowest BCUT2D eigenvalue weighted by Gasteiger charge is -2.59. The van der Waals surface area contributed by atoms with Crippen LogP contribution in [0.1, 0.15) is 62.7 Å². The molecule has 1 unspecified atom stereocenters. The molecule has 148 valence electrons. The van der Waals surface area contributed by atoms with Gasteiger partial charge in [-0.25, -0.2) is 13.1 Å². The van der Waals surface area contributed by atoms with Gasteiger partial charge >= 0.3 is 0 Å². The lowest BCUT2D eigenvalue weighted by molar-refractivity contribution is -0.0688. The summed E-state index contributed by atoms with van der Waals surface area (Å²) in [6.45, 7) is 4.20. The van der Waals surface area contributed by atoms with Crippen molar-refractivity contribution in [2.75, 3.05) is 6.54 Å². The van der Waals surface area contributed by atoms with Crippen LogP contribution in [0.15, 0.2) is 29.2 Å². The van der Waals surface area contributed by atoms with Crippen molar-refractivity contribution in [3.8, 4) is 0 Å². The summed E-state index contributed by atoms with van der Waals surface area (Å²) in [5.74, 6) is 2.34. The quantitative estimate of drug-likeness (QED) is 0.782. The maximum absolute atomic E-state index is 12.9. The third-order valence-electron chi connectivity index (χ3n) is 7.09. The molecule has 4 aliphatic rings. The van der Waals surface area contributed by atoms with E-state index >= 15 is 0 Å². The first kappa shape index (κ1) is 18.9. The minimum Gasteiger partial charge on any atom is -0.349 e. The Kier molecular flexibility index (Phi) is 4.83. The molecule has 4 bridgehead atoms. The van der Waals surface area contributed by atoms with Crippen LogP contribution < -0.4 is 10.0 Å². The highest BCUT2D eigenvalue weighted by Crippen LogP contribution is 2.61. The Balaban J connectivity index is 1.50. The van der Waals surface area contributed by atoms with E-state index in [4.69, 9.17) is 0 Å². The number of amides is 1. The Hall–Kier alpha value is -1.40. The molecule has 0 aliphatic heterocycles. The molecule has 0 heterocycles. The maximum atomic E-state index is 12.9. The van der Waals surface area contributed by atoms with Crippen LogP contribution in [0.25, 0.3) is 0 Å². The molecule has 1 aromatic carbocycles. The zero-order valence-corrected chi connectivity index (χ0v) is 17.0. The summed E-state index contributed by atoms with van der Waals surface area (Å²) in [5.41, 5.74) is 0.642. The van der Waals surface area contributed by atoms with Crippen LogP contribution in [-0.4, -0.2) is 26.9 Å². The second kappa shape index (κ2) is 6.89. The minimum atomic E-state index is -3.56. The average molecular weight is 391 g/mol. The summed E-state index contributed by atoms with van der Waals surface area (Å²) in [6.07, 6.45) is 7.83. The van der Waals surface area contributed by atoms with Crippen molar-refractivity contribution in [1.82, 2.24) is 10.0 Å². The number of benzene rings is 1. The van der Waals surface area contributed by atoms with Gasteiger partial charge in [0, 0.05) is 18.2 Å². The highest BCUT2D eigenvalue weighted by Gasteiger charge is 2.53. The van der Waals surface area contributed by atoms with Crippen molar-refractivity contribution in [1.29, 1.82) is 0 Å². The number of carbonyl (C=O) groups is 1. The second-order valence-corrected chi connectivity index (χ2v) is 10.8. The number of nitrogens with one attached hydrogen (secondary N) is 2. The molecule has 27 heavy (non-hydrogen) atoms. The smallest absolute Gasteiger partial charge is 0.251 e. The summed E-state index contributed by atoms with van der Waals surface area (Å²) < 4.78 is 26.9. The van der Waals surface area contributed by atoms with Crippen molar-refractivity contribution >= 4 is 15.9 Å². The molecule has 1 atom stereocenters. The topological polar surface area (TPSA) is 75.3 Å². The average Bonchev–Trinajstić information content (AvgIpc) is 2.60. The summed E-state index contributed by atoms with van der Waals surface area (Å²) in [5, 5.41) is 3.21. The first-order valence-corrected chi connectivity index (χ1v) is 11.7. The Morgan fingerprint density at radius 3 is 2.30 bits per heavy atom. The predicted octanol–water partition coefficient (Wildman–Crippen LogP) is 3.32. The van der Waals surface area contributed by atoms with Crippen molar-refractivity contribution < 1.29 is 13.2 Å². The Morgan fingerprint density at radius 1 is 1.15 bits per heavy atom. The molecule has 2 N–H and O–H groups in total. The van der Waals surface area contributed by atoms with Gasteiger partial charge in [-0.2, -0.15) is 0 Å². The molecule has 5 nitrogen and oxygen atoms in total. The zero-order valence-electron chi connectivity index (χ0n) is 16.2. The molecule has 4 aliphatic carbocycles. The number of sulfonamides is 1. The van der Waals surface area contributed by atoms with Gasteiger partial charge in [0.05, 0.1) is 4.90 Å². The highest BCUT2D eigenvalue weighted by molar-refractivity contribution is 7.89. The molecule has 0 radical (unpaired) electrons. The third kappa shape index (κ3) is 3.54. The molecule has 0 spiro atoms. The van der Waals surface area contributed by atoms with E-state index in [2.05, 4.69) is 17.0 Å². The molecular weight excluding hydrogens is 360 g/mol. The van der Waals surface area contributed by atoms with Crippen LogP contribution in [0, 0.1) is 23.2 Å². The Morgan fingerprint density at radius 2 is 1.74 bits per heavy atom. The van der Waals surface area contributed by atoms with Gasteiger partial charge in [0.2, 0.25) is 10.0 Å². The van der Waals surface area contributed by atoms with Gasteiger partial charge in [-0.3, -0.25) is 4.79 Å². The SMILES string of the molecule is CCNS(=O)(=O)c1cccc(C(=O)NC(C)C23CC4CC(CC(C4)C2)C3)c1. The number of hydrogen-bond acceptors (Lipinski definition) is 3. The van der Waals surface area contributed by atoms with E-state index in [-0.39, 0.29) is 22.3 Å². The first-order chi connectivity index (χ1) is 12.8. The van der Waals surface area contributed by atoms with Gasteiger partial charge in [-0.05, 0) is 86.8 Å².